The first-order valence-corrected chi connectivity index (χ1v) is 10.00. The fraction of sp³-hybridized carbons (Fsp3) is 0.538. The molecule has 1 aliphatic rings. The van der Waals surface area contributed by atoms with Crippen molar-refractivity contribution in [2.24, 2.45) is 0 Å². The van der Waals surface area contributed by atoms with Crippen LogP contribution in [0.2, 0.25) is 0 Å². The molecule has 1 saturated heterocycles. The highest BCUT2D eigenvalue weighted by Gasteiger charge is 2.51. The molecule has 0 atom stereocenters. The summed E-state index contributed by atoms with van der Waals surface area (Å²) in [5.41, 5.74) is -1.44. The second-order valence-corrected chi connectivity index (χ2v) is 8.98. The molecule has 140 valence electrons. The zero-order valence-corrected chi connectivity index (χ0v) is 15.6. The molecule has 1 heterocycles. The van der Waals surface area contributed by atoms with E-state index < -0.39 is 50.6 Å². The topological polar surface area (TPSA) is 96.0 Å². The third kappa shape index (κ3) is 5.12. The standard InChI is InChI=1S/C13H17BF2O7S2/c1-12(2)13(3,4)23-14(22-12)10-5-9(8-24(15,17)18)6-11(7-10)21-25(16,19)20/h5-7H,8H2,1-4H3. The van der Waals surface area contributed by atoms with Crippen molar-refractivity contribution in [3.8, 4) is 5.75 Å². The van der Waals surface area contributed by atoms with Crippen LogP contribution in [0.25, 0.3) is 0 Å². The minimum absolute atomic E-state index is 0.145. The third-order valence-electron chi connectivity index (χ3n) is 4.05. The smallest absolute Gasteiger partial charge is 0.399 e. The molecule has 0 N–H and O–H groups in total. The van der Waals surface area contributed by atoms with Crippen molar-refractivity contribution in [2.75, 3.05) is 0 Å². The van der Waals surface area contributed by atoms with Crippen LogP contribution >= 0.6 is 0 Å². The van der Waals surface area contributed by atoms with Gasteiger partial charge in [-0.2, -0.15) is 16.8 Å². The molecular weight excluding hydrogens is 381 g/mol. The molecule has 1 aliphatic heterocycles. The van der Waals surface area contributed by atoms with Crippen molar-refractivity contribution < 1.29 is 38.1 Å². The Hall–Kier alpha value is -1.24. The summed E-state index contributed by atoms with van der Waals surface area (Å²) in [5, 5.41) is 0. The molecule has 0 spiro atoms. The van der Waals surface area contributed by atoms with Crippen LogP contribution in [0.1, 0.15) is 33.3 Å². The van der Waals surface area contributed by atoms with Gasteiger partial charge in [-0.05, 0) is 50.9 Å². The summed E-state index contributed by atoms with van der Waals surface area (Å²) in [7, 11) is -11.3. The van der Waals surface area contributed by atoms with Gasteiger partial charge in [0.05, 0.1) is 11.2 Å². The number of benzene rings is 1. The van der Waals surface area contributed by atoms with Crippen molar-refractivity contribution in [2.45, 2.75) is 44.6 Å². The van der Waals surface area contributed by atoms with E-state index in [1.165, 1.54) is 6.07 Å². The van der Waals surface area contributed by atoms with Gasteiger partial charge in [-0.3, -0.25) is 0 Å². The lowest BCUT2D eigenvalue weighted by atomic mass is 9.78. The number of rotatable bonds is 5. The van der Waals surface area contributed by atoms with Crippen LogP contribution in [0, 0.1) is 0 Å². The summed E-state index contributed by atoms with van der Waals surface area (Å²) in [5.74, 6) is -1.56. The van der Waals surface area contributed by atoms with Crippen molar-refractivity contribution in [3.63, 3.8) is 0 Å². The average Bonchev–Trinajstić information content (AvgIpc) is 2.53. The Morgan fingerprint density at radius 2 is 1.52 bits per heavy atom. The Morgan fingerprint density at radius 1 is 1.00 bits per heavy atom. The van der Waals surface area contributed by atoms with Gasteiger partial charge in [0, 0.05) is 0 Å². The molecule has 12 heteroatoms. The average molecular weight is 398 g/mol. The zero-order chi connectivity index (χ0) is 19.3. The van der Waals surface area contributed by atoms with Gasteiger partial charge in [-0.15, -0.1) is 3.89 Å². The van der Waals surface area contributed by atoms with E-state index >= 15 is 0 Å². The quantitative estimate of drug-likeness (QED) is 0.546. The highest BCUT2D eigenvalue weighted by atomic mass is 32.3. The van der Waals surface area contributed by atoms with Gasteiger partial charge < -0.3 is 13.5 Å². The van der Waals surface area contributed by atoms with Crippen LogP contribution in [0.3, 0.4) is 0 Å². The summed E-state index contributed by atoms with van der Waals surface area (Å²) in [6, 6.07) is 3.29. The van der Waals surface area contributed by atoms with E-state index in [0.29, 0.717) is 0 Å². The molecule has 0 aromatic heterocycles. The minimum Gasteiger partial charge on any atom is -0.399 e. The molecule has 0 bridgehead atoms. The van der Waals surface area contributed by atoms with E-state index in [1.54, 1.807) is 27.7 Å². The van der Waals surface area contributed by atoms with E-state index in [0.717, 1.165) is 12.1 Å². The molecule has 0 aliphatic carbocycles. The summed E-state index contributed by atoms with van der Waals surface area (Å²) in [4.78, 5) is 0. The van der Waals surface area contributed by atoms with Crippen molar-refractivity contribution in [1.29, 1.82) is 0 Å². The third-order valence-corrected chi connectivity index (χ3v) is 5.12. The molecule has 1 aromatic carbocycles. The molecule has 1 aromatic rings. The summed E-state index contributed by atoms with van der Waals surface area (Å²) in [6.45, 7) is 7.08. The Bertz CT molecular complexity index is 813. The van der Waals surface area contributed by atoms with Gasteiger partial charge in [0.1, 0.15) is 11.5 Å². The predicted molar refractivity (Wildman–Crippen MR) is 86.5 cm³/mol. The van der Waals surface area contributed by atoms with Crippen LogP contribution in [0.5, 0.6) is 5.75 Å². The van der Waals surface area contributed by atoms with E-state index in [4.69, 9.17) is 9.31 Å². The first-order chi connectivity index (χ1) is 11.1. The predicted octanol–water partition coefficient (Wildman–Crippen LogP) is 1.38. The lowest BCUT2D eigenvalue weighted by molar-refractivity contribution is 0.00578. The van der Waals surface area contributed by atoms with Crippen LogP contribution in [-0.2, 0) is 35.8 Å². The second-order valence-electron chi connectivity index (χ2n) is 6.66. The Kier molecular flexibility index (Phi) is 4.97. The molecule has 1 fully saturated rings. The van der Waals surface area contributed by atoms with Crippen molar-refractivity contribution in [3.05, 3.63) is 23.8 Å². The van der Waals surface area contributed by atoms with Gasteiger partial charge in [-0.1, -0.05) is 9.95 Å². The molecule has 0 saturated carbocycles. The highest BCUT2D eigenvalue weighted by Crippen LogP contribution is 2.36. The highest BCUT2D eigenvalue weighted by molar-refractivity contribution is 7.85. The number of halogens is 2. The Balaban J connectivity index is 2.47. The lowest BCUT2D eigenvalue weighted by Gasteiger charge is -2.32. The van der Waals surface area contributed by atoms with Gasteiger partial charge >= 0.3 is 27.8 Å². The maximum absolute atomic E-state index is 13.0. The Labute approximate surface area is 146 Å². The van der Waals surface area contributed by atoms with Crippen LogP contribution in [-0.4, -0.2) is 35.2 Å². The largest absolute Gasteiger partial charge is 0.494 e. The molecule has 0 unspecified atom stereocenters. The first kappa shape index (κ1) is 20.1. The summed E-state index contributed by atoms with van der Waals surface area (Å²) >= 11 is 0. The Morgan fingerprint density at radius 3 is 1.96 bits per heavy atom. The lowest BCUT2D eigenvalue weighted by Crippen LogP contribution is -2.41. The summed E-state index contributed by atoms with van der Waals surface area (Å²) < 4.78 is 84.6. The number of hydrogen-bond acceptors (Lipinski definition) is 7. The maximum Gasteiger partial charge on any atom is 0.494 e. The van der Waals surface area contributed by atoms with E-state index in [1.807, 2.05) is 0 Å². The van der Waals surface area contributed by atoms with E-state index in [-0.39, 0.29) is 11.0 Å². The van der Waals surface area contributed by atoms with E-state index in [2.05, 4.69) is 4.18 Å². The first-order valence-electron chi connectivity index (χ1n) is 7.14. The fourth-order valence-electron chi connectivity index (χ4n) is 2.25. The fourth-order valence-corrected chi connectivity index (χ4v) is 3.14. The molecule has 7 nitrogen and oxygen atoms in total. The van der Waals surface area contributed by atoms with Gasteiger partial charge in [0.2, 0.25) is 0 Å². The number of hydrogen-bond donors (Lipinski definition) is 0. The SMILES string of the molecule is CC1(C)OB(c2cc(CS(=O)(=O)F)cc(OS(=O)(=O)F)c2)OC1(C)C. The molecule has 0 radical (unpaired) electrons. The van der Waals surface area contributed by atoms with Crippen molar-refractivity contribution in [1.82, 2.24) is 0 Å². The van der Waals surface area contributed by atoms with Gasteiger partial charge in [0.15, 0.2) is 0 Å². The molecule has 25 heavy (non-hydrogen) atoms. The maximum atomic E-state index is 13.0. The molecule has 2 rings (SSSR count). The zero-order valence-electron chi connectivity index (χ0n) is 13.9. The van der Waals surface area contributed by atoms with Gasteiger partial charge in [-0.25, -0.2) is 0 Å². The minimum atomic E-state index is -5.35. The second kappa shape index (κ2) is 6.18. The van der Waals surface area contributed by atoms with Crippen LogP contribution in [0.15, 0.2) is 18.2 Å². The van der Waals surface area contributed by atoms with Crippen molar-refractivity contribution >= 4 is 33.3 Å². The van der Waals surface area contributed by atoms with E-state index in [9.17, 15) is 24.6 Å². The van der Waals surface area contributed by atoms with Crippen LogP contribution < -0.4 is 9.65 Å². The normalized spacial score (nSPS) is 19.8. The van der Waals surface area contributed by atoms with Crippen LogP contribution in [0.4, 0.5) is 7.77 Å². The molecule has 0 amide bonds. The molecular formula is C13H17BF2O7S2. The summed E-state index contributed by atoms with van der Waals surface area (Å²) in [6.07, 6.45) is 0. The van der Waals surface area contributed by atoms with Gasteiger partial charge in [0.25, 0.3) is 0 Å². The monoisotopic (exact) mass is 398 g/mol.